The molecule has 1 amide bonds. The standard InChI is InChI=1S/C18H15ClN6OS/c1-11(17(26)22-14-4-3-13(10-20)15(19)9-14)27-18-24-23-16(25(18)2)12-5-7-21-8-6-12/h3-9,11H,1-2H3,(H,22,26)/t11-/m1/s1. The molecule has 1 N–H and O–H groups in total. The van der Waals surface area contributed by atoms with Crippen molar-refractivity contribution in [2.75, 3.05) is 5.32 Å². The number of anilines is 1. The van der Waals surface area contributed by atoms with Gasteiger partial charge in [0.25, 0.3) is 0 Å². The summed E-state index contributed by atoms with van der Waals surface area (Å²) in [4.78, 5) is 16.5. The van der Waals surface area contributed by atoms with Gasteiger partial charge in [-0.3, -0.25) is 9.78 Å². The number of nitrogens with one attached hydrogen (secondary N) is 1. The second-order valence-corrected chi connectivity index (χ2v) is 7.37. The molecule has 1 aromatic carbocycles. The summed E-state index contributed by atoms with van der Waals surface area (Å²) in [7, 11) is 1.85. The molecule has 7 nitrogen and oxygen atoms in total. The summed E-state index contributed by atoms with van der Waals surface area (Å²) in [5.74, 6) is 0.501. The summed E-state index contributed by atoms with van der Waals surface area (Å²) in [5, 5.41) is 20.6. The van der Waals surface area contributed by atoms with Gasteiger partial charge in [0.15, 0.2) is 11.0 Å². The van der Waals surface area contributed by atoms with Crippen molar-refractivity contribution in [3.63, 3.8) is 0 Å². The molecule has 136 valence electrons. The number of carbonyl (C=O) groups excluding carboxylic acids is 1. The number of nitrogens with zero attached hydrogens (tertiary/aromatic N) is 5. The van der Waals surface area contributed by atoms with Gasteiger partial charge in [0.2, 0.25) is 5.91 Å². The Morgan fingerprint density at radius 3 is 2.70 bits per heavy atom. The molecule has 0 radical (unpaired) electrons. The third-order valence-corrected chi connectivity index (χ3v) is 5.23. The van der Waals surface area contributed by atoms with Crippen LogP contribution in [0.3, 0.4) is 0 Å². The first-order valence-corrected chi connectivity index (χ1v) is 9.22. The third-order valence-electron chi connectivity index (χ3n) is 3.78. The van der Waals surface area contributed by atoms with E-state index in [1.807, 2.05) is 29.8 Å². The van der Waals surface area contributed by atoms with Crippen LogP contribution in [0.5, 0.6) is 0 Å². The lowest BCUT2D eigenvalue weighted by Crippen LogP contribution is -2.22. The zero-order valence-corrected chi connectivity index (χ0v) is 16.1. The van der Waals surface area contributed by atoms with E-state index in [1.165, 1.54) is 11.8 Å². The van der Waals surface area contributed by atoms with E-state index >= 15 is 0 Å². The van der Waals surface area contributed by atoms with Crippen molar-refractivity contribution in [2.24, 2.45) is 7.05 Å². The molecule has 1 atom stereocenters. The van der Waals surface area contributed by atoms with E-state index in [0.29, 0.717) is 27.3 Å². The lowest BCUT2D eigenvalue weighted by Gasteiger charge is -2.12. The first-order chi connectivity index (χ1) is 13.0. The quantitative estimate of drug-likeness (QED) is 0.660. The molecule has 9 heteroatoms. The van der Waals surface area contributed by atoms with E-state index in [4.69, 9.17) is 16.9 Å². The van der Waals surface area contributed by atoms with Gasteiger partial charge in [0, 0.05) is 30.7 Å². The van der Waals surface area contributed by atoms with Crippen molar-refractivity contribution >= 4 is 35.0 Å². The van der Waals surface area contributed by atoms with Gasteiger partial charge in [-0.05, 0) is 37.3 Å². The van der Waals surface area contributed by atoms with E-state index in [-0.39, 0.29) is 5.91 Å². The summed E-state index contributed by atoms with van der Waals surface area (Å²) in [5.41, 5.74) is 1.79. The Hall–Kier alpha value is -2.89. The molecule has 0 saturated carbocycles. The molecule has 0 saturated heterocycles. The van der Waals surface area contributed by atoms with E-state index in [1.54, 1.807) is 37.5 Å². The van der Waals surface area contributed by atoms with Crippen molar-refractivity contribution in [1.82, 2.24) is 19.7 Å². The second-order valence-electron chi connectivity index (χ2n) is 5.66. The number of thioether (sulfide) groups is 1. The highest BCUT2D eigenvalue weighted by Crippen LogP contribution is 2.26. The molecule has 0 unspecified atom stereocenters. The summed E-state index contributed by atoms with van der Waals surface area (Å²) in [6.07, 6.45) is 3.38. The minimum absolute atomic E-state index is 0.200. The largest absolute Gasteiger partial charge is 0.325 e. The molecule has 3 rings (SSSR count). The Labute approximate surface area is 165 Å². The lowest BCUT2D eigenvalue weighted by molar-refractivity contribution is -0.115. The summed E-state index contributed by atoms with van der Waals surface area (Å²) in [6.45, 7) is 1.78. The lowest BCUT2D eigenvalue weighted by atomic mass is 10.2. The van der Waals surface area contributed by atoms with Crippen LogP contribution in [0.15, 0.2) is 47.9 Å². The highest BCUT2D eigenvalue weighted by molar-refractivity contribution is 8.00. The maximum absolute atomic E-state index is 12.5. The summed E-state index contributed by atoms with van der Waals surface area (Å²) in [6, 6.07) is 10.4. The number of aromatic nitrogens is 4. The summed E-state index contributed by atoms with van der Waals surface area (Å²) >= 11 is 7.30. The normalized spacial score (nSPS) is 11.6. The van der Waals surface area contributed by atoms with Gasteiger partial charge in [-0.1, -0.05) is 23.4 Å². The molecule has 2 aromatic heterocycles. The molecular weight excluding hydrogens is 384 g/mol. The maximum atomic E-state index is 12.5. The van der Waals surface area contributed by atoms with Crippen LogP contribution in [0, 0.1) is 11.3 Å². The van der Waals surface area contributed by atoms with Gasteiger partial charge in [-0.2, -0.15) is 5.26 Å². The average Bonchev–Trinajstić information content (AvgIpc) is 3.03. The highest BCUT2D eigenvalue weighted by Gasteiger charge is 2.19. The fourth-order valence-electron chi connectivity index (χ4n) is 2.31. The van der Waals surface area contributed by atoms with Gasteiger partial charge in [0.1, 0.15) is 6.07 Å². The van der Waals surface area contributed by atoms with E-state index < -0.39 is 5.25 Å². The van der Waals surface area contributed by atoms with Crippen LogP contribution in [0.1, 0.15) is 12.5 Å². The highest BCUT2D eigenvalue weighted by atomic mass is 35.5. The SMILES string of the molecule is C[C@@H](Sc1nnc(-c2ccncc2)n1C)C(=O)Nc1ccc(C#N)c(Cl)c1. The van der Waals surface area contributed by atoms with Gasteiger partial charge < -0.3 is 9.88 Å². The Morgan fingerprint density at radius 2 is 2.04 bits per heavy atom. The van der Waals surface area contributed by atoms with Crippen LogP contribution in [0.4, 0.5) is 5.69 Å². The number of carbonyl (C=O) groups is 1. The molecule has 2 heterocycles. The van der Waals surface area contributed by atoms with Crippen molar-refractivity contribution in [3.8, 4) is 17.5 Å². The van der Waals surface area contributed by atoms with Crippen molar-refractivity contribution in [1.29, 1.82) is 5.26 Å². The Kier molecular flexibility index (Phi) is 5.74. The molecule has 0 aliphatic carbocycles. The number of amides is 1. The van der Waals surface area contributed by atoms with E-state index in [2.05, 4.69) is 20.5 Å². The minimum Gasteiger partial charge on any atom is -0.325 e. The number of nitriles is 1. The van der Waals surface area contributed by atoms with Crippen LogP contribution in [-0.4, -0.2) is 30.9 Å². The topological polar surface area (TPSA) is 96.5 Å². The molecule has 0 spiro atoms. The van der Waals surface area contributed by atoms with Gasteiger partial charge in [-0.15, -0.1) is 10.2 Å². The molecule has 0 aliphatic heterocycles. The van der Waals surface area contributed by atoms with Crippen molar-refractivity contribution in [3.05, 3.63) is 53.3 Å². The fraction of sp³-hybridized carbons (Fsp3) is 0.167. The third kappa shape index (κ3) is 4.27. The monoisotopic (exact) mass is 398 g/mol. The first kappa shape index (κ1) is 18.9. The zero-order chi connectivity index (χ0) is 19.4. The smallest absolute Gasteiger partial charge is 0.237 e. The van der Waals surface area contributed by atoms with Crippen molar-refractivity contribution in [2.45, 2.75) is 17.3 Å². The van der Waals surface area contributed by atoms with Crippen LogP contribution in [0.2, 0.25) is 5.02 Å². The fourth-order valence-corrected chi connectivity index (χ4v) is 3.35. The number of benzene rings is 1. The van der Waals surface area contributed by atoms with Crippen LogP contribution in [-0.2, 0) is 11.8 Å². The zero-order valence-electron chi connectivity index (χ0n) is 14.5. The molecule has 0 bridgehead atoms. The van der Waals surface area contributed by atoms with E-state index in [9.17, 15) is 4.79 Å². The Bertz CT molecular complexity index is 1010. The maximum Gasteiger partial charge on any atom is 0.237 e. The number of halogens is 1. The predicted molar refractivity (Wildman–Crippen MR) is 104 cm³/mol. The Morgan fingerprint density at radius 1 is 1.30 bits per heavy atom. The van der Waals surface area contributed by atoms with E-state index in [0.717, 1.165) is 5.56 Å². The second kappa shape index (κ2) is 8.20. The first-order valence-electron chi connectivity index (χ1n) is 7.96. The Balaban J connectivity index is 1.69. The number of hydrogen-bond acceptors (Lipinski definition) is 6. The molecule has 27 heavy (non-hydrogen) atoms. The predicted octanol–water partition coefficient (Wildman–Crippen LogP) is 3.52. The molecular formula is C18H15ClN6OS. The molecule has 0 fully saturated rings. The van der Waals surface area contributed by atoms with Gasteiger partial charge in [-0.25, -0.2) is 0 Å². The van der Waals surface area contributed by atoms with Gasteiger partial charge in [0.05, 0.1) is 15.8 Å². The van der Waals surface area contributed by atoms with Crippen LogP contribution >= 0.6 is 23.4 Å². The number of pyridine rings is 1. The molecule has 0 aliphatic rings. The number of rotatable bonds is 5. The minimum atomic E-state index is -0.410. The summed E-state index contributed by atoms with van der Waals surface area (Å²) < 4.78 is 1.84. The van der Waals surface area contributed by atoms with Crippen LogP contribution < -0.4 is 5.32 Å². The van der Waals surface area contributed by atoms with Crippen molar-refractivity contribution < 1.29 is 4.79 Å². The average molecular weight is 399 g/mol. The number of hydrogen-bond donors (Lipinski definition) is 1. The van der Waals surface area contributed by atoms with Crippen LogP contribution in [0.25, 0.3) is 11.4 Å². The molecule has 3 aromatic rings. The van der Waals surface area contributed by atoms with Gasteiger partial charge >= 0.3 is 0 Å².